The van der Waals surface area contributed by atoms with Gasteiger partial charge in [0.2, 0.25) is 10.0 Å². The van der Waals surface area contributed by atoms with E-state index in [0.29, 0.717) is 13.1 Å². The normalized spacial score (nSPS) is 19.1. The van der Waals surface area contributed by atoms with Crippen LogP contribution >= 0.6 is 11.6 Å². The van der Waals surface area contributed by atoms with Crippen LogP contribution in [0.25, 0.3) is 10.9 Å². The first-order chi connectivity index (χ1) is 11.6. The Kier molecular flexibility index (Phi) is 3.87. The van der Waals surface area contributed by atoms with E-state index in [0.717, 1.165) is 23.0 Å². The Balaban J connectivity index is 1.61. The quantitative estimate of drug-likeness (QED) is 0.767. The summed E-state index contributed by atoms with van der Waals surface area (Å²) >= 11 is 6.08. The number of rotatable bonds is 3. The second kappa shape index (κ2) is 5.92. The van der Waals surface area contributed by atoms with Crippen LogP contribution < -0.4 is 0 Å². The lowest BCUT2D eigenvalue weighted by Crippen LogP contribution is -2.28. The van der Waals surface area contributed by atoms with Crippen molar-refractivity contribution in [3.8, 4) is 0 Å². The number of hydrogen-bond donors (Lipinski definition) is 1. The fraction of sp³-hybridized carbons (Fsp3) is 0.222. The fourth-order valence-corrected chi connectivity index (χ4v) is 5.30. The minimum atomic E-state index is -3.55. The number of aromatic nitrogens is 1. The standard InChI is InChI=1S/C18H17ClN2O2S/c19-15-6-2-4-8-18(15)24(22,23)21-10-9-14(12-21)17-11-13-5-1-3-7-16(13)20-17/h1-8,11,14,20H,9-10,12H2. The van der Waals surface area contributed by atoms with Gasteiger partial charge in [-0.25, -0.2) is 8.42 Å². The highest BCUT2D eigenvalue weighted by molar-refractivity contribution is 7.89. The number of halogens is 1. The Morgan fingerprint density at radius 3 is 2.62 bits per heavy atom. The molecule has 4 nitrogen and oxygen atoms in total. The van der Waals surface area contributed by atoms with Crippen LogP contribution in [-0.2, 0) is 10.0 Å². The molecule has 1 unspecified atom stereocenters. The highest BCUT2D eigenvalue weighted by Gasteiger charge is 2.34. The SMILES string of the molecule is O=S(=O)(c1ccccc1Cl)N1CCC(c2cc3ccccc3[nH]2)C1. The van der Waals surface area contributed by atoms with Gasteiger partial charge in [0.15, 0.2) is 0 Å². The number of H-pyrrole nitrogens is 1. The molecule has 1 N–H and O–H groups in total. The molecule has 0 amide bonds. The third kappa shape index (κ3) is 2.62. The Hall–Kier alpha value is -1.82. The molecule has 1 saturated heterocycles. The van der Waals surface area contributed by atoms with E-state index in [1.807, 2.05) is 18.2 Å². The van der Waals surface area contributed by atoms with Gasteiger partial charge in [-0.3, -0.25) is 0 Å². The van der Waals surface area contributed by atoms with Gasteiger partial charge >= 0.3 is 0 Å². The summed E-state index contributed by atoms with van der Waals surface area (Å²) in [5.74, 6) is 0.176. The van der Waals surface area contributed by atoms with Crippen LogP contribution in [0, 0.1) is 0 Å². The van der Waals surface area contributed by atoms with Gasteiger partial charge in [0.05, 0.1) is 5.02 Å². The van der Waals surface area contributed by atoms with Crippen molar-refractivity contribution in [1.82, 2.24) is 9.29 Å². The number of para-hydroxylation sites is 1. The van der Waals surface area contributed by atoms with Crippen LogP contribution in [-0.4, -0.2) is 30.8 Å². The van der Waals surface area contributed by atoms with E-state index in [9.17, 15) is 8.42 Å². The molecule has 1 aliphatic rings. The van der Waals surface area contributed by atoms with E-state index in [1.165, 1.54) is 4.31 Å². The molecule has 4 rings (SSSR count). The molecule has 6 heteroatoms. The van der Waals surface area contributed by atoms with E-state index in [-0.39, 0.29) is 15.8 Å². The molecule has 3 aromatic rings. The number of sulfonamides is 1. The van der Waals surface area contributed by atoms with Gasteiger partial charge in [-0.2, -0.15) is 4.31 Å². The molecule has 2 aromatic carbocycles. The first kappa shape index (κ1) is 15.7. The number of benzene rings is 2. The molecule has 1 fully saturated rings. The maximum absolute atomic E-state index is 12.8. The Morgan fingerprint density at radius 1 is 1.08 bits per heavy atom. The maximum Gasteiger partial charge on any atom is 0.244 e. The highest BCUT2D eigenvalue weighted by atomic mass is 35.5. The first-order valence-corrected chi connectivity index (χ1v) is 9.70. The molecule has 1 atom stereocenters. The van der Waals surface area contributed by atoms with Crippen LogP contribution in [0.5, 0.6) is 0 Å². The molecular weight excluding hydrogens is 344 g/mol. The van der Waals surface area contributed by atoms with Crippen molar-refractivity contribution in [2.75, 3.05) is 13.1 Å². The lowest BCUT2D eigenvalue weighted by Gasteiger charge is -2.17. The minimum Gasteiger partial charge on any atom is -0.358 e. The largest absolute Gasteiger partial charge is 0.358 e. The summed E-state index contributed by atoms with van der Waals surface area (Å²) < 4.78 is 27.2. The van der Waals surface area contributed by atoms with Gasteiger partial charge in [-0.1, -0.05) is 41.9 Å². The number of nitrogens with zero attached hydrogens (tertiary/aromatic N) is 1. The fourth-order valence-electron chi connectivity index (χ4n) is 3.31. The molecule has 0 bridgehead atoms. The molecule has 1 aliphatic heterocycles. The smallest absolute Gasteiger partial charge is 0.244 e. The van der Waals surface area contributed by atoms with E-state index >= 15 is 0 Å². The number of hydrogen-bond acceptors (Lipinski definition) is 2. The van der Waals surface area contributed by atoms with Crippen molar-refractivity contribution >= 4 is 32.5 Å². The van der Waals surface area contributed by atoms with Crippen molar-refractivity contribution in [1.29, 1.82) is 0 Å². The van der Waals surface area contributed by atoms with Gasteiger partial charge in [0.1, 0.15) is 4.90 Å². The van der Waals surface area contributed by atoms with Crippen molar-refractivity contribution in [2.45, 2.75) is 17.2 Å². The summed E-state index contributed by atoms with van der Waals surface area (Å²) in [6, 6.07) is 16.8. The molecule has 0 spiro atoms. The number of aromatic amines is 1. The summed E-state index contributed by atoms with van der Waals surface area (Å²) in [5.41, 5.74) is 2.17. The average Bonchev–Trinajstić information content (AvgIpc) is 3.22. The van der Waals surface area contributed by atoms with Crippen LogP contribution in [0.2, 0.25) is 5.02 Å². The lowest BCUT2D eigenvalue weighted by molar-refractivity contribution is 0.472. The molecule has 1 aromatic heterocycles. The second-order valence-corrected chi connectivity index (χ2v) is 8.40. The first-order valence-electron chi connectivity index (χ1n) is 7.88. The molecule has 2 heterocycles. The highest BCUT2D eigenvalue weighted by Crippen LogP contribution is 2.33. The van der Waals surface area contributed by atoms with Gasteiger partial charge in [0, 0.05) is 30.2 Å². The van der Waals surface area contributed by atoms with Crippen LogP contribution in [0.15, 0.2) is 59.5 Å². The Bertz CT molecular complexity index is 964. The second-order valence-electron chi connectivity index (χ2n) is 6.09. The minimum absolute atomic E-state index is 0.176. The van der Waals surface area contributed by atoms with E-state index in [1.54, 1.807) is 24.3 Å². The average molecular weight is 361 g/mol. The zero-order valence-electron chi connectivity index (χ0n) is 12.9. The van der Waals surface area contributed by atoms with Gasteiger partial charge < -0.3 is 4.98 Å². The molecule has 0 saturated carbocycles. The zero-order valence-corrected chi connectivity index (χ0v) is 14.5. The summed E-state index contributed by atoms with van der Waals surface area (Å²) in [7, 11) is -3.55. The van der Waals surface area contributed by atoms with Gasteiger partial charge in [0.25, 0.3) is 0 Å². The molecule has 0 aliphatic carbocycles. The summed E-state index contributed by atoms with van der Waals surface area (Å²) in [6.45, 7) is 0.980. The Morgan fingerprint density at radius 2 is 1.83 bits per heavy atom. The van der Waals surface area contributed by atoms with E-state index in [4.69, 9.17) is 11.6 Å². The molecule has 24 heavy (non-hydrogen) atoms. The van der Waals surface area contributed by atoms with Crippen LogP contribution in [0.4, 0.5) is 0 Å². The molecule has 0 radical (unpaired) electrons. The maximum atomic E-state index is 12.8. The third-order valence-corrected chi connectivity index (χ3v) is 6.96. The Labute approximate surface area is 146 Å². The molecule has 124 valence electrons. The number of nitrogens with one attached hydrogen (secondary N) is 1. The predicted molar refractivity (Wildman–Crippen MR) is 95.9 cm³/mol. The van der Waals surface area contributed by atoms with Crippen molar-refractivity contribution < 1.29 is 8.42 Å². The van der Waals surface area contributed by atoms with E-state index in [2.05, 4.69) is 17.1 Å². The predicted octanol–water partition coefficient (Wildman–Crippen LogP) is 4.00. The summed E-state index contributed by atoms with van der Waals surface area (Å²) in [6.07, 6.45) is 0.802. The van der Waals surface area contributed by atoms with Crippen LogP contribution in [0.3, 0.4) is 0 Å². The lowest BCUT2D eigenvalue weighted by atomic mass is 10.1. The van der Waals surface area contributed by atoms with Gasteiger partial charge in [-0.15, -0.1) is 0 Å². The number of fused-ring (bicyclic) bond motifs is 1. The molecular formula is C18H17ClN2O2S. The van der Waals surface area contributed by atoms with E-state index < -0.39 is 10.0 Å². The third-order valence-electron chi connectivity index (χ3n) is 4.60. The zero-order chi connectivity index (χ0) is 16.7. The summed E-state index contributed by atoms with van der Waals surface area (Å²) in [5, 5.41) is 1.42. The topological polar surface area (TPSA) is 53.2 Å². The van der Waals surface area contributed by atoms with Crippen molar-refractivity contribution in [3.63, 3.8) is 0 Å². The van der Waals surface area contributed by atoms with Crippen LogP contribution in [0.1, 0.15) is 18.0 Å². The summed E-state index contributed by atoms with van der Waals surface area (Å²) in [4.78, 5) is 3.60. The van der Waals surface area contributed by atoms with Crippen molar-refractivity contribution in [3.05, 3.63) is 65.3 Å². The van der Waals surface area contributed by atoms with Gasteiger partial charge in [-0.05, 0) is 36.1 Å². The van der Waals surface area contributed by atoms with Crippen molar-refractivity contribution in [2.24, 2.45) is 0 Å². The monoisotopic (exact) mass is 360 g/mol.